The van der Waals surface area contributed by atoms with Gasteiger partial charge < -0.3 is 14.9 Å². The molecule has 0 saturated carbocycles. The average Bonchev–Trinajstić information content (AvgIpc) is 2.28. The Morgan fingerprint density at radius 1 is 1.35 bits per heavy atom. The second-order valence-corrected chi connectivity index (χ2v) is 3.19. The summed E-state index contributed by atoms with van der Waals surface area (Å²) in [5, 5.41) is 16.9. The molecule has 0 saturated heterocycles. The van der Waals surface area contributed by atoms with E-state index in [1.165, 1.54) is 19.2 Å². The van der Waals surface area contributed by atoms with E-state index in [0.29, 0.717) is 12.0 Å². The van der Waals surface area contributed by atoms with E-state index >= 15 is 0 Å². The smallest absolute Gasteiger partial charge is 0.337 e. The number of carbonyl (C=O) groups is 2. The molecule has 0 fully saturated rings. The molecule has 0 heterocycles. The standard InChI is InChI=1S/C8H8O3.C4H8O2/c1-11-8(10)6-3-2-4-7(9)5-6;1-2-3-4(5)6/h2-5,9H,1H3;2-3H2,1H3,(H,5,6). The van der Waals surface area contributed by atoms with E-state index in [4.69, 9.17) is 10.2 Å². The highest BCUT2D eigenvalue weighted by atomic mass is 16.5. The first kappa shape index (κ1) is 15.0. The fraction of sp³-hybridized carbons (Fsp3) is 0.333. The molecule has 5 nitrogen and oxygen atoms in total. The molecule has 0 spiro atoms. The summed E-state index contributed by atoms with van der Waals surface area (Å²) in [4.78, 5) is 20.4. The Labute approximate surface area is 99.7 Å². The molecule has 0 aliphatic heterocycles. The number of phenolic OH excluding ortho intramolecular Hbond substituents is 1. The van der Waals surface area contributed by atoms with Crippen LogP contribution in [0.1, 0.15) is 30.1 Å². The highest BCUT2D eigenvalue weighted by Crippen LogP contribution is 2.11. The van der Waals surface area contributed by atoms with E-state index in [1.54, 1.807) is 12.1 Å². The predicted molar refractivity (Wildman–Crippen MR) is 62.0 cm³/mol. The fourth-order valence-corrected chi connectivity index (χ4v) is 0.965. The van der Waals surface area contributed by atoms with Crippen LogP contribution in [-0.2, 0) is 9.53 Å². The van der Waals surface area contributed by atoms with Gasteiger partial charge in [-0.1, -0.05) is 13.0 Å². The van der Waals surface area contributed by atoms with Crippen LogP contribution in [0.3, 0.4) is 0 Å². The second kappa shape index (κ2) is 8.15. The van der Waals surface area contributed by atoms with Gasteiger partial charge in [-0.25, -0.2) is 4.79 Å². The van der Waals surface area contributed by atoms with Crippen molar-refractivity contribution in [2.75, 3.05) is 7.11 Å². The van der Waals surface area contributed by atoms with Gasteiger partial charge >= 0.3 is 11.9 Å². The van der Waals surface area contributed by atoms with Crippen LogP contribution in [-0.4, -0.2) is 29.3 Å². The maximum atomic E-state index is 10.8. The van der Waals surface area contributed by atoms with Crippen LogP contribution in [0.2, 0.25) is 0 Å². The number of esters is 1. The summed E-state index contributed by atoms with van der Waals surface area (Å²) in [6.45, 7) is 1.84. The van der Waals surface area contributed by atoms with E-state index in [9.17, 15) is 9.59 Å². The largest absolute Gasteiger partial charge is 0.508 e. The van der Waals surface area contributed by atoms with Gasteiger partial charge in [0.25, 0.3) is 0 Å². The van der Waals surface area contributed by atoms with Crippen molar-refractivity contribution < 1.29 is 24.5 Å². The lowest BCUT2D eigenvalue weighted by molar-refractivity contribution is -0.137. The molecule has 0 atom stereocenters. The summed E-state index contributed by atoms with van der Waals surface area (Å²) in [6.07, 6.45) is 1.02. The van der Waals surface area contributed by atoms with Gasteiger partial charge in [-0.2, -0.15) is 0 Å². The van der Waals surface area contributed by atoms with Crippen molar-refractivity contribution in [3.8, 4) is 5.75 Å². The number of hydrogen-bond donors (Lipinski definition) is 2. The van der Waals surface area contributed by atoms with Crippen molar-refractivity contribution in [2.45, 2.75) is 19.8 Å². The Morgan fingerprint density at radius 3 is 2.35 bits per heavy atom. The molecule has 17 heavy (non-hydrogen) atoms. The van der Waals surface area contributed by atoms with Crippen molar-refractivity contribution in [3.05, 3.63) is 29.8 Å². The molecule has 5 heteroatoms. The molecular formula is C12H16O5. The highest BCUT2D eigenvalue weighted by molar-refractivity contribution is 5.89. The Balaban J connectivity index is 0.000000366. The van der Waals surface area contributed by atoms with Gasteiger partial charge in [0.1, 0.15) is 5.75 Å². The molecular weight excluding hydrogens is 224 g/mol. The molecule has 0 aliphatic rings. The maximum Gasteiger partial charge on any atom is 0.337 e. The quantitative estimate of drug-likeness (QED) is 0.790. The zero-order chi connectivity index (χ0) is 13.3. The van der Waals surface area contributed by atoms with Crippen LogP contribution in [0, 0.1) is 0 Å². The summed E-state index contributed by atoms with van der Waals surface area (Å²) in [6, 6.07) is 6.01. The number of methoxy groups -OCH3 is 1. The van der Waals surface area contributed by atoms with Crippen LogP contribution in [0.4, 0.5) is 0 Å². The molecule has 0 aromatic heterocycles. The van der Waals surface area contributed by atoms with Crippen LogP contribution < -0.4 is 0 Å². The molecule has 1 aromatic carbocycles. The Hall–Kier alpha value is -2.04. The fourth-order valence-electron chi connectivity index (χ4n) is 0.965. The minimum atomic E-state index is -0.711. The summed E-state index contributed by atoms with van der Waals surface area (Å²) < 4.78 is 4.44. The second-order valence-electron chi connectivity index (χ2n) is 3.19. The van der Waals surface area contributed by atoms with Crippen LogP contribution in [0.15, 0.2) is 24.3 Å². The third kappa shape index (κ3) is 6.94. The minimum absolute atomic E-state index is 0.0629. The Morgan fingerprint density at radius 2 is 2.00 bits per heavy atom. The zero-order valence-corrected chi connectivity index (χ0v) is 9.84. The Bertz CT molecular complexity index is 373. The summed E-state index contributed by atoms with van der Waals surface area (Å²) in [7, 11) is 1.30. The van der Waals surface area contributed by atoms with E-state index in [1.807, 2.05) is 6.92 Å². The van der Waals surface area contributed by atoms with E-state index in [-0.39, 0.29) is 5.75 Å². The first-order chi connectivity index (χ1) is 8.01. The molecule has 0 amide bonds. The first-order valence-corrected chi connectivity index (χ1v) is 5.10. The number of carbonyl (C=O) groups excluding carboxylic acids is 1. The van der Waals surface area contributed by atoms with Crippen LogP contribution >= 0.6 is 0 Å². The monoisotopic (exact) mass is 240 g/mol. The third-order valence-electron chi connectivity index (χ3n) is 1.73. The van der Waals surface area contributed by atoms with Gasteiger partial charge in [-0.05, 0) is 24.6 Å². The normalized spacial score (nSPS) is 8.82. The molecule has 1 rings (SSSR count). The third-order valence-corrected chi connectivity index (χ3v) is 1.73. The lowest BCUT2D eigenvalue weighted by Crippen LogP contribution is -1.99. The summed E-state index contributed by atoms with van der Waals surface area (Å²) in [5.74, 6) is -1.09. The summed E-state index contributed by atoms with van der Waals surface area (Å²) >= 11 is 0. The topological polar surface area (TPSA) is 83.8 Å². The number of hydrogen-bond acceptors (Lipinski definition) is 4. The lowest BCUT2D eigenvalue weighted by atomic mass is 10.2. The van der Waals surface area contributed by atoms with Gasteiger partial charge in [0.15, 0.2) is 0 Å². The first-order valence-electron chi connectivity index (χ1n) is 5.10. The van der Waals surface area contributed by atoms with Crippen molar-refractivity contribution >= 4 is 11.9 Å². The molecule has 0 radical (unpaired) electrons. The van der Waals surface area contributed by atoms with Crippen LogP contribution in [0.5, 0.6) is 5.75 Å². The predicted octanol–water partition coefficient (Wildman–Crippen LogP) is 2.05. The van der Waals surface area contributed by atoms with Crippen molar-refractivity contribution in [2.24, 2.45) is 0 Å². The van der Waals surface area contributed by atoms with Gasteiger partial charge in [0, 0.05) is 6.42 Å². The number of rotatable bonds is 3. The van der Waals surface area contributed by atoms with Crippen molar-refractivity contribution in [1.29, 1.82) is 0 Å². The van der Waals surface area contributed by atoms with Crippen molar-refractivity contribution in [1.82, 2.24) is 0 Å². The average molecular weight is 240 g/mol. The molecule has 0 aliphatic carbocycles. The number of benzene rings is 1. The lowest BCUT2D eigenvalue weighted by Gasteiger charge is -1.97. The van der Waals surface area contributed by atoms with Crippen LogP contribution in [0.25, 0.3) is 0 Å². The molecule has 94 valence electrons. The van der Waals surface area contributed by atoms with Gasteiger partial charge in [-0.15, -0.1) is 0 Å². The molecule has 0 bridgehead atoms. The van der Waals surface area contributed by atoms with Gasteiger partial charge in [0.2, 0.25) is 0 Å². The Kier molecular flexibility index (Phi) is 7.17. The van der Waals surface area contributed by atoms with E-state index < -0.39 is 11.9 Å². The number of ether oxygens (including phenoxy) is 1. The van der Waals surface area contributed by atoms with E-state index in [0.717, 1.165) is 6.42 Å². The number of aliphatic carboxylic acids is 1. The molecule has 0 unspecified atom stereocenters. The SMILES string of the molecule is CCCC(=O)O.COC(=O)c1cccc(O)c1. The number of carboxylic acids is 1. The minimum Gasteiger partial charge on any atom is -0.508 e. The molecule has 1 aromatic rings. The van der Waals surface area contributed by atoms with Gasteiger partial charge in [0.05, 0.1) is 12.7 Å². The number of aromatic hydroxyl groups is 1. The highest BCUT2D eigenvalue weighted by Gasteiger charge is 2.03. The van der Waals surface area contributed by atoms with Crippen molar-refractivity contribution in [3.63, 3.8) is 0 Å². The van der Waals surface area contributed by atoms with E-state index in [2.05, 4.69) is 4.74 Å². The number of carboxylic acid groups (broad SMARTS) is 1. The molecule has 2 N–H and O–H groups in total. The zero-order valence-electron chi connectivity index (χ0n) is 9.84. The maximum absolute atomic E-state index is 10.8. The number of phenols is 1. The summed E-state index contributed by atoms with van der Waals surface area (Å²) in [5.41, 5.74) is 0.354. The van der Waals surface area contributed by atoms with Gasteiger partial charge in [-0.3, -0.25) is 4.79 Å².